The van der Waals surface area contributed by atoms with Crippen LogP contribution in [-0.2, 0) is 14.3 Å². The van der Waals surface area contributed by atoms with E-state index in [1.807, 2.05) is 19.1 Å². The zero-order valence-electron chi connectivity index (χ0n) is 17.4. The molecule has 0 aliphatic carbocycles. The number of carbonyl (C=O) groups is 3. The molecule has 10 heteroatoms. The molecule has 0 spiro atoms. The summed E-state index contributed by atoms with van der Waals surface area (Å²) >= 11 is 7.21. The van der Waals surface area contributed by atoms with Crippen molar-refractivity contribution in [1.82, 2.24) is 9.78 Å². The van der Waals surface area contributed by atoms with Crippen molar-refractivity contribution >= 4 is 62.3 Å². The molecule has 1 aliphatic heterocycles. The van der Waals surface area contributed by atoms with Crippen LogP contribution in [-0.4, -0.2) is 40.7 Å². The van der Waals surface area contributed by atoms with Crippen molar-refractivity contribution in [2.24, 2.45) is 0 Å². The SMILES string of the molecule is Cc1nn(-c2ccc(Cl)cc2)c2sc(C(=O)OCC(=O)N3CC(=O)Nc4ccccc43)cc12. The van der Waals surface area contributed by atoms with E-state index in [-0.39, 0.29) is 12.5 Å². The number of aryl methyl sites for hydroxylation is 1. The molecule has 0 fully saturated rings. The summed E-state index contributed by atoms with van der Waals surface area (Å²) < 4.78 is 7.04. The highest BCUT2D eigenvalue weighted by Gasteiger charge is 2.27. The molecule has 4 aromatic rings. The number of para-hydroxylation sites is 2. The van der Waals surface area contributed by atoms with Crippen LogP contribution < -0.4 is 10.2 Å². The summed E-state index contributed by atoms with van der Waals surface area (Å²) in [5.74, 6) is -1.39. The number of amides is 2. The summed E-state index contributed by atoms with van der Waals surface area (Å²) in [6.07, 6.45) is 0. The molecule has 0 saturated carbocycles. The highest BCUT2D eigenvalue weighted by atomic mass is 35.5. The molecule has 0 atom stereocenters. The van der Waals surface area contributed by atoms with Gasteiger partial charge in [-0.05, 0) is 49.4 Å². The molecule has 2 aromatic carbocycles. The van der Waals surface area contributed by atoms with Gasteiger partial charge in [0.2, 0.25) is 5.91 Å². The van der Waals surface area contributed by atoms with Crippen molar-refractivity contribution in [2.75, 3.05) is 23.4 Å². The van der Waals surface area contributed by atoms with Gasteiger partial charge in [-0.15, -0.1) is 11.3 Å². The van der Waals surface area contributed by atoms with Crippen LogP contribution in [0.1, 0.15) is 15.4 Å². The third-order valence-corrected chi connectivity index (χ3v) is 6.56. The monoisotopic (exact) mass is 480 g/mol. The molecule has 1 N–H and O–H groups in total. The highest BCUT2D eigenvalue weighted by molar-refractivity contribution is 7.20. The predicted octanol–water partition coefficient (Wildman–Crippen LogP) is 4.19. The van der Waals surface area contributed by atoms with Gasteiger partial charge in [-0.1, -0.05) is 23.7 Å². The van der Waals surface area contributed by atoms with Gasteiger partial charge in [0.1, 0.15) is 16.3 Å². The number of carbonyl (C=O) groups excluding carboxylic acids is 3. The van der Waals surface area contributed by atoms with E-state index >= 15 is 0 Å². The first-order valence-corrected chi connectivity index (χ1v) is 11.2. The number of hydrogen-bond acceptors (Lipinski definition) is 6. The molecule has 3 heterocycles. The van der Waals surface area contributed by atoms with Gasteiger partial charge in [-0.3, -0.25) is 14.5 Å². The van der Waals surface area contributed by atoms with Crippen LogP contribution in [0.15, 0.2) is 54.6 Å². The van der Waals surface area contributed by atoms with Crippen molar-refractivity contribution in [2.45, 2.75) is 6.92 Å². The molecule has 33 heavy (non-hydrogen) atoms. The summed E-state index contributed by atoms with van der Waals surface area (Å²) in [6.45, 7) is 1.25. The van der Waals surface area contributed by atoms with Crippen molar-refractivity contribution in [3.63, 3.8) is 0 Å². The summed E-state index contributed by atoms with van der Waals surface area (Å²) in [5.41, 5.74) is 2.69. The van der Waals surface area contributed by atoms with Gasteiger partial charge in [0.25, 0.3) is 5.91 Å². The number of esters is 1. The average Bonchev–Trinajstić information content (AvgIpc) is 3.38. The number of hydrogen-bond donors (Lipinski definition) is 1. The minimum absolute atomic E-state index is 0.133. The molecular formula is C23H17ClN4O4S. The van der Waals surface area contributed by atoms with Crippen LogP contribution in [0.3, 0.4) is 0 Å². The number of thiophene rings is 1. The van der Waals surface area contributed by atoms with Crippen LogP contribution in [0.25, 0.3) is 15.9 Å². The number of nitrogens with zero attached hydrogens (tertiary/aromatic N) is 3. The molecule has 0 unspecified atom stereocenters. The average molecular weight is 481 g/mol. The van der Waals surface area contributed by atoms with Gasteiger partial charge in [-0.25, -0.2) is 9.48 Å². The first kappa shape index (κ1) is 21.2. The number of halogens is 1. The van der Waals surface area contributed by atoms with E-state index in [0.29, 0.717) is 21.3 Å². The van der Waals surface area contributed by atoms with Gasteiger partial charge >= 0.3 is 5.97 Å². The lowest BCUT2D eigenvalue weighted by Crippen LogP contribution is -2.44. The zero-order chi connectivity index (χ0) is 23.1. The van der Waals surface area contributed by atoms with Gasteiger partial charge < -0.3 is 10.1 Å². The van der Waals surface area contributed by atoms with Crippen LogP contribution >= 0.6 is 22.9 Å². The molecule has 0 radical (unpaired) electrons. The summed E-state index contributed by atoms with van der Waals surface area (Å²) in [7, 11) is 0. The molecule has 5 rings (SSSR count). The Labute approximate surface area is 197 Å². The second kappa shape index (κ2) is 8.34. The Hall–Kier alpha value is -3.69. The normalized spacial score (nSPS) is 13.0. The first-order chi connectivity index (χ1) is 15.9. The fraction of sp³-hybridized carbons (Fsp3) is 0.130. The van der Waals surface area contributed by atoms with Crippen LogP contribution in [0.4, 0.5) is 11.4 Å². The lowest BCUT2D eigenvalue weighted by Gasteiger charge is -2.28. The van der Waals surface area contributed by atoms with E-state index in [1.165, 1.54) is 16.2 Å². The maximum Gasteiger partial charge on any atom is 0.348 e. The van der Waals surface area contributed by atoms with E-state index in [4.69, 9.17) is 16.3 Å². The number of nitrogens with one attached hydrogen (secondary N) is 1. The molecule has 0 bridgehead atoms. The lowest BCUT2D eigenvalue weighted by molar-refractivity contribution is -0.124. The molecule has 1 aliphatic rings. The van der Waals surface area contributed by atoms with E-state index in [0.717, 1.165) is 21.6 Å². The Bertz CT molecular complexity index is 1410. The van der Waals surface area contributed by atoms with Crippen molar-refractivity contribution in [3.05, 3.63) is 70.2 Å². The second-order valence-electron chi connectivity index (χ2n) is 7.42. The topological polar surface area (TPSA) is 93.5 Å². The highest BCUT2D eigenvalue weighted by Crippen LogP contribution is 2.32. The zero-order valence-corrected chi connectivity index (χ0v) is 18.9. The minimum Gasteiger partial charge on any atom is -0.451 e. The first-order valence-electron chi connectivity index (χ1n) is 10.0. The van der Waals surface area contributed by atoms with Crippen molar-refractivity contribution in [3.8, 4) is 5.69 Å². The van der Waals surface area contributed by atoms with Crippen molar-refractivity contribution in [1.29, 1.82) is 0 Å². The number of fused-ring (bicyclic) bond motifs is 2. The predicted molar refractivity (Wildman–Crippen MR) is 126 cm³/mol. The van der Waals surface area contributed by atoms with E-state index < -0.39 is 18.5 Å². The van der Waals surface area contributed by atoms with Crippen LogP contribution in [0.2, 0.25) is 5.02 Å². The minimum atomic E-state index is -0.610. The summed E-state index contributed by atoms with van der Waals surface area (Å²) in [5, 5.41) is 8.71. The van der Waals surface area contributed by atoms with Crippen LogP contribution in [0, 0.1) is 6.92 Å². The van der Waals surface area contributed by atoms with Gasteiger partial charge in [0, 0.05) is 10.4 Å². The van der Waals surface area contributed by atoms with Crippen molar-refractivity contribution < 1.29 is 19.1 Å². The summed E-state index contributed by atoms with van der Waals surface area (Å²) in [4.78, 5) is 39.8. The fourth-order valence-corrected chi connectivity index (χ4v) is 4.84. The maximum atomic E-state index is 12.7. The smallest absolute Gasteiger partial charge is 0.348 e. The standard InChI is InChI=1S/C23H17ClN4O4S/c1-13-16-10-19(33-22(16)28(26-13)15-8-6-14(24)7-9-15)23(31)32-12-21(30)27-11-20(29)25-17-4-2-3-5-18(17)27/h2-10H,11-12H2,1H3,(H,25,29). The summed E-state index contributed by atoms with van der Waals surface area (Å²) in [6, 6.07) is 15.9. The largest absolute Gasteiger partial charge is 0.451 e. The van der Waals surface area contributed by atoms with E-state index in [9.17, 15) is 14.4 Å². The lowest BCUT2D eigenvalue weighted by atomic mass is 10.2. The Morgan fingerprint density at radius 2 is 1.94 bits per heavy atom. The number of ether oxygens (including phenoxy) is 1. The third kappa shape index (κ3) is 3.96. The Morgan fingerprint density at radius 1 is 1.18 bits per heavy atom. The fourth-order valence-electron chi connectivity index (χ4n) is 3.64. The molecule has 2 amide bonds. The third-order valence-electron chi connectivity index (χ3n) is 5.22. The molecule has 2 aromatic heterocycles. The number of aromatic nitrogens is 2. The second-order valence-corrected chi connectivity index (χ2v) is 8.89. The Balaban J connectivity index is 1.34. The number of rotatable bonds is 4. The number of benzene rings is 2. The molecule has 8 nitrogen and oxygen atoms in total. The maximum absolute atomic E-state index is 12.7. The van der Waals surface area contributed by atoms with E-state index in [2.05, 4.69) is 10.4 Å². The number of anilines is 2. The molecule has 166 valence electrons. The molecule has 0 saturated heterocycles. The van der Waals surface area contributed by atoms with Gasteiger partial charge in [-0.2, -0.15) is 5.10 Å². The van der Waals surface area contributed by atoms with E-state index in [1.54, 1.807) is 47.1 Å². The van der Waals surface area contributed by atoms with Gasteiger partial charge in [0.05, 0.1) is 22.8 Å². The quantitative estimate of drug-likeness (QED) is 0.442. The van der Waals surface area contributed by atoms with Crippen LogP contribution in [0.5, 0.6) is 0 Å². The molecular weight excluding hydrogens is 464 g/mol. The Kier molecular flexibility index (Phi) is 5.35. The van der Waals surface area contributed by atoms with Gasteiger partial charge in [0.15, 0.2) is 6.61 Å². The Morgan fingerprint density at radius 3 is 2.73 bits per heavy atom.